The summed E-state index contributed by atoms with van der Waals surface area (Å²) in [5.41, 5.74) is 1.62. The van der Waals surface area contributed by atoms with E-state index in [0.717, 1.165) is 5.56 Å². The number of thioether (sulfide) groups is 1. The molecule has 0 radical (unpaired) electrons. The van der Waals surface area contributed by atoms with Gasteiger partial charge in [0.2, 0.25) is 0 Å². The first-order valence-electron chi connectivity index (χ1n) is 7.23. The molecule has 0 N–H and O–H groups in total. The van der Waals surface area contributed by atoms with Crippen LogP contribution in [0.1, 0.15) is 5.56 Å². The normalized spacial score (nSPS) is 18.2. The lowest BCUT2D eigenvalue weighted by atomic mass is 10.2. The molecule has 0 saturated carbocycles. The molecule has 3 rings (SSSR count). The summed E-state index contributed by atoms with van der Waals surface area (Å²) >= 11 is 7.33. The minimum Gasteiger partial charge on any atom is -0.290 e. The van der Waals surface area contributed by atoms with Crippen LogP contribution in [0.3, 0.4) is 0 Å². The molecular weight excluding hydrogens is 342 g/mol. The van der Waals surface area contributed by atoms with Crippen molar-refractivity contribution < 1.29 is 4.79 Å². The third-order valence-electron chi connectivity index (χ3n) is 3.29. The molecule has 1 fully saturated rings. The van der Waals surface area contributed by atoms with E-state index in [1.807, 2.05) is 42.5 Å². The number of carbonyl (C=O) groups excluding carboxylic acids is 1. The van der Waals surface area contributed by atoms with E-state index in [4.69, 9.17) is 11.6 Å². The molecule has 1 aliphatic rings. The van der Waals surface area contributed by atoms with Crippen LogP contribution >= 0.6 is 23.4 Å². The third kappa shape index (κ3) is 3.75. The van der Waals surface area contributed by atoms with E-state index < -0.39 is 0 Å². The smallest absolute Gasteiger partial charge is 0.266 e. The Balaban J connectivity index is 1.80. The number of aliphatic imine (C=N–C) groups is 1. The first-order valence-corrected chi connectivity index (χ1v) is 8.43. The van der Waals surface area contributed by atoms with E-state index in [1.54, 1.807) is 31.5 Å². The molecule has 1 aliphatic heterocycles. The molecule has 6 heteroatoms. The Morgan fingerprint density at radius 3 is 2.75 bits per heavy atom. The number of amides is 1. The molecule has 1 aromatic heterocycles. The Morgan fingerprint density at radius 2 is 2.00 bits per heavy atom. The number of benzene rings is 1. The molecule has 24 heavy (non-hydrogen) atoms. The summed E-state index contributed by atoms with van der Waals surface area (Å²) in [6, 6.07) is 13.4. The van der Waals surface area contributed by atoms with Gasteiger partial charge < -0.3 is 0 Å². The molecule has 2 aromatic rings. The van der Waals surface area contributed by atoms with Gasteiger partial charge in [-0.1, -0.05) is 54.1 Å². The molecule has 0 atom stereocenters. The topological polar surface area (TPSA) is 45.6 Å². The molecule has 2 heterocycles. The fourth-order valence-electron chi connectivity index (χ4n) is 2.04. The zero-order chi connectivity index (χ0) is 16.9. The van der Waals surface area contributed by atoms with Crippen LogP contribution in [-0.2, 0) is 4.79 Å². The molecular formula is C18H14ClN3OS. The van der Waals surface area contributed by atoms with Crippen LogP contribution in [0.4, 0.5) is 5.69 Å². The summed E-state index contributed by atoms with van der Waals surface area (Å²) in [4.78, 5) is 22.8. The number of aromatic nitrogens is 1. The van der Waals surface area contributed by atoms with Crippen molar-refractivity contribution in [2.45, 2.75) is 0 Å². The monoisotopic (exact) mass is 355 g/mol. The SMILES string of the molecule is CN1C(=O)/C(=C/C=C/c2ccccc2)SC1=Nc1cccnc1Cl. The number of hydrogen-bond donors (Lipinski definition) is 0. The number of allylic oxidation sites excluding steroid dienone is 2. The zero-order valence-corrected chi connectivity index (χ0v) is 14.5. The highest BCUT2D eigenvalue weighted by molar-refractivity contribution is 8.18. The number of halogens is 1. The van der Waals surface area contributed by atoms with Gasteiger partial charge in [-0.05, 0) is 35.5 Å². The maximum Gasteiger partial charge on any atom is 0.266 e. The number of nitrogens with zero attached hydrogens (tertiary/aromatic N) is 3. The second-order valence-corrected chi connectivity index (χ2v) is 6.34. The highest BCUT2D eigenvalue weighted by atomic mass is 35.5. The van der Waals surface area contributed by atoms with Crippen molar-refractivity contribution >= 4 is 46.2 Å². The van der Waals surface area contributed by atoms with Crippen molar-refractivity contribution in [2.24, 2.45) is 4.99 Å². The fraction of sp³-hybridized carbons (Fsp3) is 0.0556. The van der Waals surface area contributed by atoms with Crippen molar-refractivity contribution in [3.05, 3.63) is 76.4 Å². The number of likely N-dealkylation sites (N-methyl/N-ethyl adjacent to an activating group) is 1. The predicted octanol–water partition coefficient (Wildman–Crippen LogP) is 4.53. The molecule has 1 aromatic carbocycles. The standard InChI is InChI=1S/C18H14ClN3OS/c1-22-17(23)15(11-5-9-13-7-3-2-4-8-13)24-18(22)21-14-10-6-12-20-16(14)19/h2-12H,1H3/b9-5+,15-11-,21-18?. The van der Waals surface area contributed by atoms with Gasteiger partial charge in [-0.3, -0.25) is 9.69 Å². The molecule has 0 bridgehead atoms. The molecule has 0 aliphatic carbocycles. The molecule has 4 nitrogen and oxygen atoms in total. The summed E-state index contributed by atoms with van der Waals surface area (Å²) in [6.45, 7) is 0. The van der Waals surface area contributed by atoms with Gasteiger partial charge in [0.25, 0.3) is 5.91 Å². The maximum atomic E-state index is 12.3. The number of hydrogen-bond acceptors (Lipinski definition) is 4. The Bertz CT molecular complexity index is 846. The molecule has 0 unspecified atom stereocenters. The van der Waals surface area contributed by atoms with E-state index in [0.29, 0.717) is 20.9 Å². The van der Waals surface area contributed by atoms with E-state index in [2.05, 4.69) is 9.98 Å². The van der Waals surface area contributed by atoms with Crippen LogP contribution in [-0.4, -0.2) is 28.0 Å². The fourth-order valence-corrected chi connectivity index (χ4v) is 3.13. The molecule has 0 spiro atoms. The van der Waals surface area contributed by atoms with Gasteiger partial charge in [0.1, 0.15) is 5.69 Å². The van der Waals surface area contributed by atoms with Crippen LogP contribution in [0, 0.1) is 0 Å². The van der Waals surface area contributed by atoms with Crippen LogP contribution in [0.5, 0.6) is 0 Å². The van der Waals surface area contributed by atoms with Crippen LogP contribution in [0.15, 0.2) is 70.7 Å². The van der Waals surface area contributed by atoms with Crippen LogP contribution < -0.4 is 0 Å². The van der Waals surface area contributed by atoms with Crippen molar-refractivity contribution in [3.63, 3.8) is 0 Å². The van der Waals surface area contributed by atoms with Gasteiger partial charge in [-0.15, -0.1) is 0 Å². The first-order chi connectivity index (χ1) is 11.6. The predicted molar refractivity (Wildman–Crippen MR) is 100 cm³/mol. The Hall–Kier alpha value is -2.37. The maximum absolute atomic E-state index is 12.3. The van der Waals surface area contributed by atoms with Gasteiger partial charge in [0.05, 0.1) is 4.91 Å². The quantitative estimate of drug-likeness (QED) is 0.600. The minimum atomic E-state index is -0.0866. The summed E-state index contributed by atoms with van der Waals surface area (Å²) in [7, 11) is 1.69. The van der Waals surface area contributed by atoms with Gasteiger partial charge in [0, 0.05) is 13.2 Å². The summed E-state index contributed by atoms with van der Waals surface area (Å²) < 4.78 is 0. The van der Waals surface area contributed by atoms with E-state index in [9.17, 15) is 4.79 Å². The second kappa shape index (κ2) is 7.47. The number of rotatable bonds is 3. The van der Waals surface area contributed by atoms with E-state index in [-0.39, 0.29) is 5.91 Å². The minimum absolute atomic E-state index is 0.0866. The Kier molecular flexibility index (Phi) is 5.13. The Labute approximate surface area is 149 Å². The van der Waals surface area contributed by atoms with Crippen molar-refractivity contribution in [1.82, 2.24) is 9.88 Å². The average molecular weight is 356 g/mol. The highest BCUT2D eigenvalue weighted by Crippen LogP contribution is 2.33. The first kappa shape index (κ1) is 16.5. The zero-order valence-electron chi connectivity index (χ0n) is 12.9. The van der Waals surface area contributed by atoms with Gasteiger partial charge >= 0.3 is 0 Å². The van der Waals surface area contributed by atoms with Gasteiger partial charge in [-0.25, -0.2) is 9.98 Å². The molecule has 1 saturated heterocycles. The number of carbonyl (C=O) groups is 1. The van der Waals surface area contributed by atoms with Crippen molar-refractivity contribution in [1.29, 1.82) is 0 Å². The summed E-state index contributed by atoms with van der Waals surface area (Å²) in [5.74, 6) is -0.0866. The third-order valence-corrected chi connectivity index (χ3v) is 4.66. The van der Waals surface area contributed by atoms with Gasteiger partial charge in [-0.2, -0.15) is 0 Å². The largest absolute Gasteiger partial charge is 0.290 e. The Morgan fingerprint density at radius 1 is 1.21 bits per heavy atom. The highest BCUT2D eigenvalue weighted by Gasteiger charge is 2.30. The number of amidine groups is 1. The lowest BCUT2D eigenvalue weighted by molar-refractivity contribution is -0.121. The molecule has 120 valence electrons. The average Bonchev–Trinajstić information content (AvgIpc) is 2.86. The van der Waals surface area contributed by atoms with Crippen LogP contribution in [0.25, 0.3) is 6.08 Å². The summed E-state index contributed by atoms with van der Waals surface area (Å²) in [5, 5.41) is 0.891. The molecule has 1 amide bonds. The van der Waals surface area contributed by atoms with Crippen molar-refractivity contribution in [3.8, 4) is 0 Å². The second-order valence-electron chi connectivity index (χ2n) is 4.97. The lowest BCUT2D eigenvalue weighted by Gasteiger charge is -2.07. The summed E-state index contributed by atoms with van der Waals surface area (Å²) in [6.07, 6.45) is 7.21. The van der Waals surface area contributed by atoms with Crippen LogP contribution in [0.2, 0.25) is 5.15 Å². The van der Waals surface area contributed by atoms with Gasteiger partial charge in [0.15, 0.2) is 10.3 Å². The lowest BCUT2D eigenvalue weighted by Crippen LogP contribution is -2.23. The van der Waals surface area contributed by atoms with Crippen molar-refractivity contribution in [2.75, 3.05) is 7.05 Å². The van der Waals surface area contributed by atoms with E-state index >= 15 is 0 Å². The van der Waals surface area contributed by atoms with E-state index in [1.165, 1.54) is 16.7 Å². The number of pyridine rings is 1.